The average molecular weight is 312 g/mol. The zero-order chi connectivity index (χ0) is 15.5. The maximum atomic E-state index is 12.0. The highest BCUT2D eigenvalue weighted by Gasteiger charge is 2.20. The lowest BCUT2D eigenvalue weighted by atomic mass is 10.2. The fourth-order valence-electron chi connectivity index (χ4n) is 2.15. The van der Waals surface area contributed by atoms with Crippen molar-refractivity contribution < 1.29 is 17.9 Å². The predicted molar refractivity (Wildman–Crippen MR) is 78.8 cm³/mol. The van der Waals surface area contributed by atoms with Gasteiger partial charge in [0.1, 0.15) is 0 Å². The van der Waals surface area contributed by atoms with Gasteiger partial charge in [0.2, 0.25) is 0 Å². The van der Waals surface area contributed by atoms with Gasteiger partial charge in [0.15, 0.2) is 9.84 Å². The van der Waals surface area contributed by atoms with E-state index in [-0.39, 0.29) is 17.0 Å². The number of carbonyl (C=O) groups is 1. The third-order valence-electron chi connectivity index (χ3n) is 3.32. The molecular weight excluding hydrogens is 292 g/mol. The van der Waals surface area contributed by atoms with E-state index in [1.54, 1.807) is 29.2 Å². The monoisotopic (exact) mass is 312 g/mol. The molecule has 0 unspecified atom stereocenters. The van der Waals surface area contributed by atoms with Gasteiger partial charge in [0, 0.05) is 25.9 Å². The summed E-state index contributed by atoms with van der Waals surface area (Å²) >= 11 is 0. The number of sulfone groups is 1. The zero-order valence-electron chi connectivity index (χ0n) is 12.2. The number of amides is 2. The molecule has 2 rings (SSSR count). The predicted octanol–water partition coefficient (Wildman–Crippen LogP) is 1.02. The van der Waals surface area contributed by atoms with Crippen molar-refractivity contribution in [1.82, 2.24) is 10.2 Å². The second kappa shape index (κ2) is 6.44. The summed E-state index contributed by atoms with van der Waals surface area (Å²) in [6.45, 7) is 4.03. The maximum Gasteiger partial charge on any atom is 0.317 e. The van der Waals surface area contributed by atoms with Gasteiger partial charge in [0.05, 0.1) is 17.6 Å². The van der Waals surface area contributed by atoms with E-state index in [4.69, 9.17) is 4.74 Å². The lowest BCUT2D eigenvalue weighted by molar-refractivity contribution is -0.00351. The molecule has 0 aromatic heterocycles. The Labute approximate surface area is 125 Å². The van der Waals surface area contributed by atoms with Gasteiger partial charge >= 0.3 is 6.03 Å². The number of nitrogens with one attached hydrogen (secondary N) is 1. The molecule has 1 N–H and O–H groups in total. The molecule has 1 aliphatic rings. The minimum Gasteiger partial charge on any atom is -0.375 e. The number of carbonyl (C=O) groups excluding carboxylic acids is 1. The highest BCUT2D eigenvalue weighted by Crippen LogP contribution is 2.10. The Balaban J connectivity index is 1.89. The summed E-state index contributed by atoms with van der Waals surface area (Å²) in [5.74, 6) is 0. The molecule has 21 heavy (non-hydrogen) atoms. The topological polar surface area (TPSA) is 75.7 Å². The normalized spacial score (nSPS) is 19.3. The van der Waals surface area contributed by atoms with Crippen LogP contribution in [-0.4, -0.2) is 51.4 Å². The van der Waals surface area contributed by atoms with Gasteiger partial charge in [-0.25, -0.2) is 13.2 Å². The first kappa shape index (κ1) is 15.8. The highest BCUT2D eigenvalue weighted by molar-refractivity contribution is 7.90. The summed E-state index contributed by atoms with van der Waals surface area (Å²) in [6, 6.07) is 6.38. The van der Waals surface area contributed by atoms with E-state index in [1.807, 2.05) is 6.92 Å². The summed E-state index contributed by atoms with van der Waals surface area (Å²) < 4.78 is 28.1. The number of urea groups is 1. The summed E-state index contributed by atoms with van der Waals surface area (Å²) in [7, 11) is -3.18. The second-order valence-electron chi connectivity index (χ2n) is 5.20. The number of benzene rings is 1. The Hall–Kier alpha value is -1.60. The van der Waals surface area contributed by atoms with Crippen LogP contribution in [0.15, 0.2) is 29.2 Å². The molecule has 6 nitrogen and oxygen atoms in total. The van der Waals surface area contributed by atoms with Crippen LogP contribution >= 0.6 is 0 Å². The van der Waals surface area contributed by atoms with Crippen molar-refractivity contribution in [3.8, 4) is 0 Å². The third kappa shape index (κ3) is 4.44. The Morgan fingerprint density at radius 3 is 2.62 bits per heavy atom. The highest BCUT2D eigenvalue weighted by atomic mass is 32.2. The Bertz CT molecular complexity index is 598. The first-order valence-electron chi connectivity index (χ1n) is 6.79. The summed E-state index contributed by atoms with van der Waals surface area (Å²) in [5.41, 5.74) is 0.858. The molecule has 1 heterocycles. The fraction of sp³-hybridized carbons (Fsp3) is 0.500. The van der Waals surface area contributed by atoms with Crippen molar-refractivity contribution in [3.63, 3.8) is 0 Å². The zero-order valence-corrected chi connectivity index (χ0v) is 13.0. The Morgan fingerprint density at radius 2 is 2.05 bits per heavy atom. The van der Waals surface area contributed by atoms with Crippen LogP contribution in [-0.2, 0) is 21.1 Å². The largest absolute Gasteiger partial charge is 0.375 e. The van der Waals surface area contributed by atoms with Gasteiger partial charge in [-0.2, -0.15) is 0 Å². The molecule has 1 atom stereocenters. The molecule has 1 aromatic rings. The molecule has 7 heteroatoms. The molecule has 1 aliphatic heterocycles. The van der Waals surface area contributed by atoms with E-state index >= 15 is 0 Å². The summed E-state index contributed by atoms with van der Waals surface area (Å²) in [5, 5.41) is 2.83. The van der Waals surface area contributed by atoms with Crippen molar-refractivity contribution >= 4 is 15.9 Å². The van der Waals surface area contributed by atoms with Crippen LogP contribution in [0.2, 0.25) is 0 Å². The molecule has 2 amide bonds. The SMILES string of the molecule is C[C@@H]1CN(C(=O)NCc2ccc(S(C)(=O)=O)cc2)CCO1. The van der Waals surface area contributed by atoms with E-state index in [1.165, 1.54) is 6.26 Å². The summed E-state index contributed by atoms with van der Waals surface area (Å²) in [4.78, 5) is 14.0. The van der Waals surface area contributed by atoms with Gasteiger partial charge in [0.25, 0.3) is 0 Å². The van der Waals surface area contributed by atoms with E-state index in [9.17, 15) is 13.2 Å². The van der Waals surface area contributed by atoms with Crippen molar-refractivity contribution in [2.75, 3.05) is 26.0 Å². The molecule has 0 radical (unpaired) electrons. The van der Waals surface area contributed by atoms with Crippen molar-refractivity contribution in [1.29, 1.82) is 0 Å². The Kier molecular flexibility index (Phi) is 4.84. The van der Waals surface area contributed by atoms with E-state index in [2.05, 4.69) is 5.32 Å². The number of rotatable bonds is 3. The number of morpholine rings is 1. The van der Waals surface area contributed by atoms with E-state index in [0.717, 1.165) is 5.56 Å². The van der Waals surface area contributed by atoms with Crippen LogP contribution in [0.5, 0.6) is 0 Å². The molecule has 0 aliphatic carbocycles. The molecule has 116 valence electrons. The van der Waals surface area contributed by atoms with Crippen molar-refractivity contribution in [2.24, 2.45) is 0 Å². The third-order valence-corrected chi connectivity index (χ3v) is 4.45. The number of ether oxygens (including phenoxy) is 1. The molecule has 1 fully saturated rings. The van der Waals surface area contributed by atoms with Gasteiger partial charge in [-0.1, -0.05) is 12.1 Å². The van der Waals surface area contributed by atoms with Crippen molar-refractivity contribution in [3.05, 3.63) is 29.8 Å². The average Bonchev–Trinajstić information content (AvgIpc) is 2.44. The first-order valence-corrected chi connectivity index (χ1v) is 8.69. The van der Waals surface area contributed by atoms with Crippen LogP contribution in [0.1, 0.15) is 12.5 Å². The van der Waals surface area contributed by atoms with Gasteiger partial charge < -0.3 is 15.0 Å². The molecule has 1 saturated heterocycles. The molecule has 0 saturated carbocycles. The van der Waals surface area contributed by atoms with E-state index < -0.39 is 9.84 Å². The number of nitrogens with zero attached hydrogens (tertiary/aromatic N) is 1. The van der Waals surface area contributed by atoms with Crippen LogP contribution in [0.4, 0.5) is 4.79 Å². The summed E-state index contributed by atoms with van der Waals surface area (Å²) in [6.07, 6.45) is 1.22. The minimum absolute atomic E-state index is 0.0542. The maximum absolute atomic E-state index is 12.0. The second-order valence-corrected chi connectivity index (χ2v) is 7.22. The van der Waals surface area contributed by atoms with Crippen LogP contribution in [0.3, 0.4) is 0 Å². The van der Waals surface area contributed by atoms with Crippen LogP contribution < -0.4 is 5.32 Å². The molecule has 1 aromatic carbocycles. The Morgan fingerprint density at radius 1 is 1.38 bits per heavy atom. The van der Waals surface area contributed by atoms with E-state index in [0.29, 0.717) is 26.2 Å². The lowest BCUT2D eigenvalue weighted by Gasteiger charge is -2.31. The lowest BCUT2D eigenvalue weighted by Crippen LogP contribution is -2.48. The van der Waals surface area contributed by atoms with Crippen LogP contribution in [0, 0.1) is 0 Å². The number of hydrogen-bond donors (Lipinski definition) is 1. The quantitative estimate of drug-likeness (QED) is 0.904. The molecule has 0 bridgehead atoms. The standard InChI is InChI=1S/C14H20N2O4S/c1-11-10-16(7-8-20-11)14(17)15-9-12-3-5-13(6-4-12)21(2,18)19/h3-6,11H,7-10H2,1-2H3,(H,15,17)/t11-/m1/s1. The molecular formula is C14H20N2O4S. The van der Waals surface area contributed by atoms with Gasteiger partial charge in [-0.3, -0.25) is 0 Å². The number of hydrogen-bond acceptors (Lipinski definition) is 4. The first-order chi connectivity index (χ1) is 9.86. The molecule has 0 spiro atoms. The van der Waals surface area contributed by atoms with Gasteiger partial charge in [-0.05, 0) is 24.6 Å². The smallest absolute Gasteiger partial charge is 0.317 e. The minimum atomic E-state index is -3.18. The van der Waals surface area contributed by atoms with Crippen LogP contribution in [0.25, 0.3) is 0 Å². The fourth-order valence-corrected chi connectivity index (χ4v) is 2.78. The van der Waals surface area contributed by atoms with Gasteiger partial charge in [-0.15, -0.1) is 0 Å². The van der Waals surface area contributed by atoms with Crippen molar-refractivity contribution in [2.45, 2.75) is 24.5 Å².